The van der Waals surface area contributed by atoms with Crippen molar-refractivity contribution < 1.29 is 4.74 Å². The largest absolute Gasteiger partial charge is 0.497 e. The Hall–Kier alpha value is -3.16. The van der Waals surface area contributed by atoms with Crippen LogP contribution in [0, 0.1) is 0 Å². The molecule has 0 amide bonds. The number of thiazole rings is 1. The van der Waals surface area contributed by atoms with Crippen LogP contribution < -0.4 is 4.74 Å². The smallest absolute Gasteiger partial charge is 0.137 e. The average molecular weight is 472 g/mol. The number of ether oxygens (including phenoxy) is 1. The monoisotopic (exact) mass is 471 g/mol. The van der Waals surface area contributed by atoms with Crippen LogP contribution in [0.2, 0.25) is 0 Å². The number of rotatable bonds is 7. The van der Waals surface area contributed by atoms with E-state index in [-0.39, 0.29) is 0 Å². The van der Waals surface area contributed by atoms with Gasteiger partial charge in [-0.15, -0.1) is 11.3 Å². The zero-order chi connectivity index (χ0) is 22.9. The van der Waals surface area contributed by atoms with Crippen LogP contribution in [0.15, 0.2) is 54.3 Å². The number of nitrogens with zero attached hydrogens (tertiary/aromatic N) is 4. The molecule has 0 bridgehead atoms. The first-order valence-electron chi connectivity index (χ1n) is 12.1. The Bertz CT molecular complexity index is 1430. The molecule has 0 unspecified atom stereocenters. The van der Waals surface area contributed by atoms with Crippen molar-refractivity contribution in [2.24, 2.45) is 0 Å². The molecule has 5 heterocycles. The summed E-state index contributed by atoms with van der Waals surface area (Å²) in [7, 11) is 1.73. The second-order valence-electron chi connectivity index (χ2n) is 9.01. The van der Waals surface area contributed by atoms with Crippen molar-refractivity contribution in [2.75, 3.05) is 26.7 Å². The highest BCUT2D eigenvalue weighted by molar-refractivity contribution is 7.13. The van der Waals surface area contributed by atoms with E-state index in [1.165, 1.54) is 55.4 Å². The van der Waals surface area contributed by atoms with E-state index in [9.17, 15) is 0 Å². The molecule has 1 N–H and O–H groups in total. The number of piperidine rings is 1. The molecule has 1 aromatic carbocycles. The Labute approximate surface area is 203 Å². The van der Waals surface area contributed by atoms with E-state index < -0.39 is 0 Å². The lowest BCUT2D eigenvalue weighted by atomic mass is 10.1. The number of pyridine rings is 1. The Morgan fingerprint density at radius 3 is 2.85 bits per heavy atom. The third kappa shape index (κ3) is 3.99. The maximum atomic E-state index is 5.55. The van der Waals surface area contributed by atoms with Gasteiger partial charge in [-0.1, -0.05) is 6.42 Å². The van der Waals surface area contributed by atoms with Crippen molar-refractivity contribution in [3.63, 3.8) is 0 Å². The zero-order valence-electron chi connectivity index (χ0n) is 19.5. The summed E-state index contributed by atoms with van der Waals surface area (Å²) >= 11 is 1.69. The lowest BCUT2D eigenvalue weighted by Gasteiger charge is -2.26. The lowest BCUT2D eigenvalue weighted by Crippen LogP contribution is -2.31. The second-order valence-corrected chi connectivity index (χ2v) is 9.87. The van der Waals surface area contributed by atoms with Crippen molar-refractivity contribution in [1.82, 2.24) is 24.4 Å². The predicted octanol–water partition coefficient (Wildman–Crippen LogP) is 6.19. The van der Waals surface area contributed by atoms with Crippen molar-refractivity contribution in [3.8, 4) is 27.6 Å². The summed E-state index contributed by atoms with van der Waals surface area (Å²) in [5.41, 5.74) is 5.37. The number of aromatic amines is 1. The molecule has 0 saturated carbocycles. The fraction of sp³-hybridized carbons (Fsp3) is 0.333. The van der Waals surface area contributed by atoms with Gasteiger partial charge in [-0.3, -0.25) is 0 Å². The third-order valence-electron chi connectivity index (χ3n) is 6.87. The Kier molecular flexibility index (Phi) is 5.81. The molecule has 6 nitrogen and oxygen atoms in total. The highest BCUT2D eigenvalue weighted by Crippen LogP contribution is 2.37. The molecule has 7 heteroatoms. The van der Waals surface area contributed by atoms with Gasteiger partial charge in [0.25, 0.3) is 0 Å². The molecule has 0 aliphatic carbocycles. The van der Waals surface area contributed by atoms with Crippen molar-refractivity contribution in [3.05, 3.63) is 54.3 Å². The number of fused-ring (bicyclic) bond motifs is 2. The SMILES string of the molecule is COc1ccc2c(c1)c(-c1nc(-c3c[nH]c4ncccc34)cs1)cn2CCCN1CCCCC1. The second kappa shape index (κ2) is 9.24. The van der Waals surface area contributed by atoms with Gasteiger partial charge in [-0.2, -0.15) is 0 Å². The number of benzene rings is 1. The van der Waals surface area contributed by atoms with Crippen LogP contribution in [0.5, 0.6) is 5.75 Å². The molecule has 5 aromatic rings. The molecule has 6 rings (SSSR count). The maximum absolute atomic E-state index is 5.55. The van der Waals surface area contributed by atoms with Crippen LogP contribution in [0.3, 0.4) is 0 Å². The van der Waals surface area contributed by atoms with Crippen molar-refractivity contribution >= 4 is 33.3 Å². The summed E-state index contributed by atoms with van der Waals surface area (Å²) in [6, 6.07) is 10.4. The minimum absolute atomic E-state index is 0.874. The van der Waals surface area contributed by atoms with E-state index in [0.29, 0.717) is 0 Å². The quantitative estimate of drug-likeness (QED) is 0.307. The van der Waals surface area contributed by atoms with Gasteiger partial charge in [0.2, 0.25) is 0 Å². The van der Waals surface area contributed by atoms with Gasteiger partial charge in [0, 0.05) is 57.9 Å². The molecule has 1 fully saturated rings. The molecule has 0 radical (unpaired) electrons. The number of aryl methyl sites for hydroxylation is 1. The predicted molar refractivity (Wildman–Crippen MR) is 140 cm³/mol. The number of aromatic nitrogens is 4. The van der Waals surface area contributed by atoms with Gasteiger partial charge >= 0.3 is 0 Å². The molecule has 0 spiro atoms. The van der Waals surface area contributed by atoms with Gasteiger partial charge in [-0.05, 0) is 69.2 Å². The molecule has 4 aromatic heterocycles. The van der Waals surface area contributed by atoms with E-state index in [0.717, 1.165) is 46.0 Å². The molecular weight excluding hydrogens is 442 g/mol. The first-order chi connectivity index (χ1) is 16.8. The third-order valence-corrected chi connectivity index (χ3v) is 7.75. The van der Waals surface area contributed by atoms with Gasteiger partial charge in [-0.25, -0.2) is 9.97 Å². The Morgan fingerprint density at radius 2 is 1.97 bits per heavy atom. The molecule has 0 atom stereocenters. The van der Waals surface area contributed by atoms with Gasteiger partial charge in [0.05, 0.1) is 12.8 Å². The van der Waals surface area contributed by atoms with Crippen molar-refractivity contribution in [2.45, 2.75) is 32.2 Å². The highest BCUT2D eigenvalue weighted by atomic mass is 32.1. The number of nitrogens with one attached hydrogen (secondary N) is 1. The van der Waals surface area contributed by atoms with Gasteiger partial charge < -0.3 is 19.2 Å². The van der Waals surface area contributed by atoms with Gasteiger partial charge in [0.1, 0.15) is 16.4 Å². The van der Waals surface area contributed by atoms with Crippen molar-refractivity contribution in [1.29, 1.82) is 0 Å². The normalized spacial score (nSPS) is 14.9. The Balaban J connectivity index is 1.32. The van der Waals surface area contributed by atoms with Gasteiger partial charge in [0.15, 0.2) is 0 Å². The summed E-state index contributed by atoms with van der Waals surface area (Å²) in [6.07, 6.45) is 11.3. The van der Waals surface area contributed by atoms with Crippen LogP contribution in [0.1, 0.15) is 25.7 Å². The van der Waals surface area contributed by atoms with E-state index in [1.807, 2.05) is 18.5 Å². The first kappa shape index (κ1) is 21.4. The zero-order valence-corrected chi connectivity index (χ0v) is 20.3. The molecule has 1 aliphatic rings. The lowest BCUT2D eigenvalue weighted by molar-refractivity contribution is 0.223. The standard InChI is InChI=1S/C27H29N5OS/c1-33-19-8-9-25-21(15-19)23(17-32(25)14-6-13-31-11-3-2-4-12-31)27-30-24(18-34-27)22-16-29-26-20(22)7-5-10-28-26/h5,7-10,15-18H,2-4,6,11-14H2,1H3,(H,28,29). The number of H-pyrrole nitrogens is 1. The van der Waals surface area contributed by atoms with Crippen LogP contribution in [-0.2, 0) is 6.54 Å². The average Bonchev–Trinajstić information content (AvgIpc) is 3.61. The molecule has 34 heavy (non-hydrogen) atoms. The fourth-order valence-electron chi connectivity index (χ4n) is 5.10. The summed E-state index contributed by atoms with van der Waals surface area (Å²) in [4.78, 5) is 15.3. The van der Waals surface area contributed by atoms with E-state index in [1.54, 1.807) is 18.4 Å². The van der Waals surface area contributed by atoms with Crippen LogP contribution in [0.25, 0.3) is 43.8 Å². The van der Waals surface area contributed by atoms with Crippen LogP contribution in [0.4, 0.5) is 0 Å². The summed E-state index contributed by atoms with van der Waals surface area (Å²) in [5.74, 6) is 0.874. The molecular formula is C27H29N5OS. The minimum Gasteiger partial charge on any atom is -0.497 e. The fourth-order valence-corrected chi connectivity index (χ4v) is 5.94. The van der Waals surface area contributed by atoms with Crippen LogP contribution >= 0.6 is 11.3 Å². The molecule has 1 saturated heterocycles. The first-order valence-corrected chi connectivity index (χ1v) is 13.0. The molecule has 1 aliphatic heterocycles. The number of methoxy groups -OCH3 is 1. The summed E-state index contributed by atoms with van der Waals surface area (Å²) < 4.78 is 7.94. The summed E-state index contributed by atoms with van der Waals surface area (Å²) in [6.45, 7) is 4.67. The van der Waals surface area contributed by atoms with E-state index in [4.69, 9.17) is 9.72 Å². The topological polar surface area (TPSA) is 59.0 Å². The van der Waals surface area contributed by atoms with E-state index in [2.05, 4.69) is 55.3 Å². The Morgan fingerprint density at radius 1 is 1.06 bits per heavy atom. The minimum atomic E-state index is 0.874. The van der Waals surface area contributed by atoms with E-state index >= 15 is 0 Å². The van der Waals surface area contributed by atoms with Crippen LogP contribution in [-0.4, -0.2) is 51.2 Å². The number of likely N-dealkylation sites (tertiary alicyclic amines) is 1. The number of hydrogen-bond donors (Lipinski definition) is 1. The molecule has 174 valence electrons. The summed E-state index contributed by atoms with van der Waals surface area (Å²) in [5, 5.41) is 5.46. The highest BCUT2D eigenvalue weighted by Gasteiger charge is 2.17. The number of hydrogen-bond acceptors (Lipinski definition) is 5. The maximum Gasteiger partial charge on any atom is 0.137 e.